The molecule has 0 bridgehead atoms. The first-order valence-electron chi connectivity index (χ1n) is 5.87. The predicted molar refractivity (Wildman–Crippen MR) is 77.8 cm³/mol. The predicted octanol–water partition coefficient (Wildman–Crippen LogP) is 2.77. The van der Waals surface area contributed by atoms with Crippen molar-refractivity contribution in [3.63, 3.8) is 0 Å². The van der Waals surface area contributed by atoms with Crippen LogP contribution in [0.25, 0.3) is 10.6 Å². The Balaban J connectivity index is 2.18. The Hall–Kier alpha value is -1.95. The van der Waals surface area contributed by atoms with E-state index in [1.54, 1.807) is 0 Å². The number of aromatic nitrogens is 2. The van der Waals surface area contributed by atoms with E-state index in [9.17, 15) is 4.79 Å². The molecule has 0 aliphatic rings. The van der Waals surface area contributed by atoms with E-state index in [0.717, 1.165) is 10.6 Å². The van der Waals surface area contributed by atoms with Crippen LogP contribution in [0.4, 0.5) is 10.8 Å². The van der Waals surface area contributed by atoms with Crippen LogP contribution >= 0.6 is 11.3 Å². The molecule has 0 saturated heterocycles. The van der Waals surface area contributed by atoms with Gasteiger partial charge in [-0.25, -0.2) is 0 Å². The van der Waals surface area contributed by atoms with E-state index in [2.05, 4.69) is 15.5 Å². The van der Waals surface area contributed by atoms with Crippen molar-refractivity contribution in [1.82, 2.24) is 10.2 Å². The minimum Gasteiger partial charge on any atom is -0.399 e. The molecule has 100 valence electrons. The van der Waals surface area contributed by atoms with E-state index in [0.29, 0.717) is 10.8 Å². The van der Waals surface area contributed by atoms with Crippen molar-refractivity contribution >= 4 is 28.1 Å². The zero-order chi connectivity index (χ0) is 14.0. The Bertz CT molecular complexity index is 601. The van der Waals surface area contributed by atoms with Crippen LogP contribution in [0.2, 0.25) is 0 Å². The van der Waals surface area contributed by atoms with E-state index in [1.807, 2.05) is 45.0 Å². The second-order valence-electron chi connectivity index (χ2n) is 5.24. The summed E-state index contributed by atoms with van der Waals surface area (Å²) in [7, 11) is 0. The molecule has 2 aromatic rings. The van der Waals surface area contributed by atoms with Gasteiger partial charge in [-0.3, -0.25) is 4.79 Å². The third-order valence-corrected chi connectivity index (χ3v) is 3.35. The Morgan fingerprint density at radius 1 is 1.32 bits per heavy atom. The zero-order valence-electron chi connectivity index (χ0n) is 11.1. The van der Waals surface area contributed by atoms with Crippen LogP contribution in [0.3, 0.4) is 0 Å². The van der Waals surface area contributed by atoms with Gasteiger partial charge < -0.3 is 11.1 Å². The SMILES string of the molecule is CC(C)(C)C(=O)Nc1nnc(-c2cccc(N)c2)s1. The number of nitrogens with two attached hydrogens (primary N) is 1. The summed E-state index contributed by atoms with van der Waals surface area (Å²) in [5.74, 6) is -0.0808. The highest BCUT2D eigenvalue weighted by Gasteiger charge is 2.22. The van der Waals surface area contributed by atoms with Gasteiger partial charge in [0.05, 0.1) is 0 Å². The molecule has 0 fully saturated rings. The van der Waals surface area contributed by atoms with Gasteiger partial charge in [-0.05, 0) is 12.1 Å². The quantitative estimate of drug-likeness (QED) is 0.826. The first-order chi connectivity index (χ1) is 8.86. The largest absolute Gasteiger partial charge is 0.399 e. The number of hydrogen-bond donors (Lipinski definition) is 2. The summed E-state index contributed by atoms with van der Waals surface area (Å²) in [6, 6.07) is 7.41. The highest BCUT2D eigenvalue weighted by molar-refractivity contribution is 7.18. The number of carbonyl (C=O) groups is 1. The van der Waals surface area contributed by atoms with Gasteiger partial charge in [-0.1, -0.05) is 44.2 Å². The van der Waals surface area contributed by atoms with E-state index in [1.165, 1.54) is 11.3 Å². The maximum atomic E-state index is 11.8. The minimum atomic E-state index is -0.455. The molecule has 0 unspecified atom stereocenters. The number of rotatable bonds is 2. The molecule has 1 heterocycles. The molecule has 0 saturated carbocycles. The van der Waals surface area contributed by atoms with Crippen molar-refractivity contribution in [2.24, 2.45) is 5.41 Å². The third kappa shape index (κ3) is 3.29. The van der Waals surface area contributed by atoms with Crippen LogP contribution in [0.15, 0.2) is 24.3 Å². The number of carbonyl (C=O) groups excluding carboxylic acids is 1. The minimum absolute atomic E-state index is 0.0808. The summed E-state index contributed by atoms with van der Waals surface area (Å²) < 4.78 is 0. The van der Waals surface area contributed by atoms with Crippen molar-refractivity contribution in [3.05, 3.63) is 24.3 Å². The fraction of sp³-hybridized carbons (Fsp3) is 0.308. The lowest BCUT2D eigenvalue weighted by molar-refractivity contribution is -0.123. The third-order valence-electron chi connectivity index (χ3n) is 2.46. The Kier molecular flexibility index (Phi) is 3.53. The molecule has 1 amide bonds. The van der Waals surface area contributed by atoms with Gasteiger partial charge in [-0.15, -0.1) is 10.2 Å². The van der Waals surface area contributed by atoms with E-state index < -0.39 is 5.41 Å². The summed E-state index contributed by atoms with van der Waals surface area (Å²) >= 11 is 1.33. The number of nitrogens with one attached hydrogen (secondary N) is 1. The van der Waals surface area contributed by atoms with E-state index in [4.69, 9.17) is 5.73 Å². The van der Waals surface area contributed by atoms with Crippen LogP contribution in [-0.2, 0) is 4.79 Å². The van der Waals surface area contributed by atoms with Crippen molar-refractivity contribution in [3.8, 4) is 10.6 Å². The van der Waals surface area contributed by atoms with Gasteiger partial charge in [0, 0.05) is 16.7 Å². The monoisotopic (exact) mass is 276 g/mol. The summed E-state index contributed by atoms with van der Waals surface area (Å²) in [6.45, 7) is 5.55. The smallest absolute Gasteiger partial charge is 0.231 e. The molecule has 19 heavy (non-hydrogen) atoms. The maximum Gasteiger partial charge on any atom is 0.231 e. The van der Waals surface area contributed by atoms with Gasteiger partial charge in [0.25, 0.3) is 0 Å². The van der Waals surface area contributed by atoms with E-state index >= 15 is 0 Å². The number of amides is 1. The number of benzene rings is 1. The number of anilines is 2. The lowest BCUT2D eigenvalue weighted by Crippen LogP contribution is -2.27. The molecule has 6 heteroatoms. The molecule has 2 rings (SSSR count). The zero-order valence-corrected chi connectivity index (χ0v) is 11.9. The van der Waals surface area contributed by atoms with Crippen LogP contribution in [0, 0.1) is 5.41 Å². The fourth-order valence-electron chi connectivity index (χ4n) is 1.35. The summed E-state index contributed by atoms with van der Waals surface area (Å²) in [5.41, 5.74) is 6.84. The summed E-state index contributed by atoms with van der Waals surface area (Å²) in [5, 5.41) is 12.0. The Morgan fingerprint density at radius 2 is 2.05 bits per heavy atom. The first-order valence-corrected chi connectivity index (χ1v) is 6.69. The average Bonchev–Trinajstić information content (AvgIpc) is 2.76. The molecule has 0 atom stereocenters. The molecular weight excluding hydrogens is 260 g/mol. The van der Waals surface area contributed by atoms with Gasteiger partial charge in [-0.2, -0.15) is 0 Å². The van der Waals surface area contributed by atoms with Gasteiger partial charge >= 0.3 is 0 Å². The average molecular weight is 276 g/mol. The molecule has 0 aliphatic heterocycles. The summed E-state index contributed by atoms with van der Waals surface area (Å²) in [6.07, 6.45) is 0. The molecule has 3 N–H and O–H groups in total. The molecule has 0 aliphatic carbocycles. The number of nitrogens with zero attached hydrogens (tertiary/aromatic N) is 2. The van der Waals surface area contributed by atoms with Crippen LogP contribution in [0.5, 0.6) is 0 Å². The lowest BCUT2D eigenvalue weighted by atomic mass is 9.96. The topological polar surface area (TPSA) is 80.9 Å². The Morgan fingerprint density at radius 3 is 2.68 bits per heavy atom. The molecule has 0 spiro atoms. The Labute approximate surface area is 115 Å². The maximum absolute atomic E-state index is 11.8. The highest BCUT2D eigenvalue weighted by Crippen LogP contribution is 2.28. The van der Waals surface area contributed by atoms with Gasteiger partial charge in [0.2, 0.25) is 11.0 Å². The molecule has 0 radical (unpaired) electrons. The van der Waals surface area contributed by atoms with Crippen molar-refractivity contribution in [2.45, 2.75) is 20.8 Å². The van der Waals surface area contributed by atoms with Crippen LogP contribution < -0.4 is 11.1 Å². The summed E-state index contributed by atoms with van der Waals surface area (Å²) in [4.78, 5) is 11.8. The number of hydrogen-bond acceptors (Lipinski definition) is 5. The number of nitrogen functional groups attached to an aromatic ring is 1. The van der Waals surface area contributed by atoms with Gasteiger partial charge in [0.1, 0.15) is 5.01 Å². The lowest BCUT2D eigenvalue weighted by Gasteiger charge is -2.15. The molecular formula is C13H16N4OS. The van der Waals surface area contributed by atoms with Crippen molar-refractivity contribution in [2.75, 3.05) is 11.1 Å². The van der Waals surface area contributed by atoms with Crippen molar-refractivity contribution < 1.29 is 4.79 Å². The normalized spacial score (nSPS) is 11.3. The molecule has 1 aromatic carbocycles. The second-order valence-corrected chi connectivity index (χ2v) is 6.22. The van der Waals surface area contributed by atoms with Crippen molar-refractivity contribution in [1.29, 1.82) is 0 Å². The molecule has 5 nitrogen and oxygen atoms in total. The van der Waals surface area contributed by atoms with Crippen LogP contribution in [0.1, 0.15) is 20.8 Å². The highest BCUT2D eigenvalue weighted by atomic mass is 32.1. The first kappa shape index (κ1) is 13.5. The molecule has 1 aromatic heterocycles. The van der Waals surface area contributed by atoms with Gasteiger partial charge in [0.15, 0.2) is 0 Å². The fourth-order valence-corrected chi connectivity index (χ4v) is 2.08. The standard InChI is InChI=1S/C13H16N4OS/c1-13(2,3)11(18)15-12-17-16-10(19-12)8-5-4-6-9(14)7-8/h4-7H,14H2,1-3H3,(H,15,17,18). The second kappa shape index (κ2) is 4.97. The van der Waals surface area contributed by atoms with Crippen LogP contribution in [-0.4, -0.2) is 16.1 Å². The van der Waals surface area contributed by atoms with E-state index in [-0.39, 0.29) is 5.91 Å².